The lowest BCUT2D eigenvalue weighted by Gasteiger charge is -2.29. The van der Waals surface area contributed by atoms with Gasteiger partial charge in [-0.15, -0.1) is 0 Å². The summed E-state index contributed by atoms with van der Waals surface area (Å²) in [6.45, 7) is 2.25. The third-order valence-corrected chi connectivity index (χ3v) is 4.51. The second kappa shape index (κ2) is 7.55. The van der Waals surface area contributed by atoms with E-state index in [1.165, 1.54) is 50.7 Å². The molecule has 1 rings (SSSR count). The Hall–Kier alpha value is 0.270. The van der Waals surface area contributed by atoms with Crippen molar-refractivity contribution < 1.29 is 0 Å². The van der Waals surface area contributed by atoms with E-state index in [-0.39, 0.29) is 0 Å². The van der Waals surface area contributed by atoms with Crippen molar-refractivity contribution in [2.45, 2.75) is 63.2 Å². The van der Waals surface area contributed by atoms with Crippen molar-refractivity contribution in [1.82, 2.24) is 5.43 Å². The summed E-state index contributed by atoms with van der Waals surface area (Å²) in [5.41, 5.74) is 3.01. The predicted octanol–water partition coefficient (Wildman–Crippen LogP) is 2.68. The van der Waals surface area contributed by atoms with Gasteiger partial charge in [0.05, 0.1) is 0 Å². The normalized spacial score (nSPS) is 24.9. The highest BCUT2D eigenvalue weighted by Crippen LogP contribution is 2.29. The van der Waals surface area contributed by atoms with E-state index in [1.807, 2.05) is 0 Å². The molecule has 1 aliphatic rings. The zero-order chi connectivity index (χ0) is 10.2. The summed E-state index contributed by atoms with van der Waals surface area (Å²) >= 11 is 2.11. The fourth-order valence-corrected chi connectivity index (χ4v) is 3.53. The van der Waals surface area contributed by atoms with E-state index in [2.05, 4.69) is 24.1 Å². The molecule has 0 bridgehead atoms. The molecule has 0 aromatic rings. The summed E-state index contributed by atoms with van der Waals surface area (Å²) in [6.07, 6.45) is 9.36. The van der Waals surface area contributed by atoms with Gasteiger partial charge in [0.2, 0.25) is 0 Å². The van der Waals surface area contributed by atoms with E-state index in [0.717, 1.165) is 5.25 Å². The first-order valence-electron chi connectivity index (χ1n) is 5.96. The molecule has 14 heavy (non-hydrogen) atoms. The number of rotatable bonds is 6. The lowest BCUT2D eigenvalue weighted by Crippen LogP contribution is -2.43. The van der Waals surface area contributed by atoms with Crippen molar-refractivity contribution in [1.29, 1.82) is 0 Å². The van der Waals surface area contributed by atoms with Crippen LogP contribution in [0.4, 0.5) is 0 Å². The average Bonchev–Trinajstić information content (AvgIpc) is 2.26. The lowest BCUT2D eigenvalue weighted by molar-refractivity contribution is 0.432. The number of nitrogens with two attached hydrogens (primary N) is 1. The van der Waals surface area contributed by atoms with E-state index >= 15 is 0 Å². The molecule has 2 nitrogen and oxygen atoms in total. The van der Waals surface area contributed by atoms with E-state index in [1.54, 1.807) is 0 Å². The van der Waals surface area contributed by atoms with Gasteiger partial charge in [0.1, 0.15) is 0 Å². The summed E-state index contributed by atoms with van der Waals surface area (Å²) < 4.78 is 0. The maximum absolute atomic E-state index is 5.62. The number of hydrogen-bond donors (Lipinski definition) is 2. The van der Waals surface area contributed by atoms with Crippen LogP contribution in [-0.4, -0.2) is 17.0 Å². The van der Waals surface area contributed by atoms with E-state index < -0.39 is 0 Å². The van der Waals surface area contributed by atoms with Crippen LogP contribution in [0, 0.1) is 0 Å². The minimum atomic E-state index is 0.548. The van der Waals surface area contributed by atoms with Gasteiger partial charge in [0.25, 0.3) is 0 Å². The minimum absolute atomic E-state index is 0.548. The van der Waals surface area contributed by atoms with Crippen LogP contribution in [0.1, 0.15) is 51.9 Å². The second-order valence-electron chi connectivity index (χ2n) is 4.17. The Morgan fingerprint density at radius 3 is 2.86 bits per heavy atom. The van der Waals surface area contributed by atoms with Crippen molar-refractivity contribution in [2.75, 3.05) is 5.75 Å². The molecule has 0 spiro atoms. The fraction of sp³-hybridized carbons (Fsp3) is 1.00. The number of nitrogens with one attached hydrogen (secondary N) is 1. The highest BCUT2D eigenvalue weighted by molar-refractivity contribution is 8.00. The predicted molar refractivity (Wildman–Crippen MR) is 65.4 cm³/mol. The number of hydrogen-bond acceptors (Lipinski definition) is 3. The first-order valence-corrected chi connectivity index (χ1v) is 7.01. The quantitative estimate of drug-likeness (QED) is 0.407. The second-order valence-corrected chi connectivity index (χ2v) is 5.52. The highest BCUT2D eigenvalue weighted by atomic mass is 32.2. The van der Waals surface area contributed by atoms with Crippen LogP contribution < -0.4 is 11.3 Å². The number of thioether (sulfide) groups is 1. The largest absolute Gasteiger partial charge is 0.271 e. The van der Waals surface area contributed by atoms with Gasteiger partial charge in [0.15, 0.2) is 0 Å². The SMILES string of the molecule is CCCCCC(NN)C1CCCCS1. The fourth-order valence-electron chi connectivity index (χ4n) is 2.07. The zero-order valence-electron chi connectivity index (χ0n) is 9.30. The maximum atomic E-state index is 5.62. The van der Waals surface area contributed by atoms with Crippen LogP contribution in [0.3, 0.4) is 0 Å². The van der Waals surface area contributed by atoms with E-state index in [9.17, 15) is 0 Å². The summed E-state index contributed by atoms with van der Waals surface area (Å²) in [5.74, 6) is 6.95. The third-order valence-electron chi connectivity index (χ3n) is 3.00. The maximum Gasteiger partial charge on any atom is 0.0329 e. The smallest absolute Gasteiger partial charge is 0.0329 e. The van der Waals surface area contributed by atoms with Gasteiger partial charge in [-0.2, -0.15) is 11.8 Å². The highest BCUT2D eigenvalue weighted by Gasteiger charge is 2.22. The van der Waals surface area contributed by atoms with Crippen molar-refractivity contribution in [2.24, 2.45) is 5.84 Å². The molecule has 3 heteroatoms. The van der Waals surface area contributed by atoms with Gasteiger partial charge in [-0.1, -0.05) is 32.6 Å². The molecule has 2 atom stereocenters. The molecule has 0 amide bonds. The van der Waals surface area contributed by atoms with Gasteiger partial charge in [0, 0.05) is 11.3 Å². The molecule has 0 saturated carbocycles. The number of unbranched alkanes of at least 4 members (excludes halogenated alkanes) is 2. The Kier molecular flexibility index (Phi) is 6.65. The molecule has 0 aromatic heterocycles. The number of hydrazine groups is 1. The lowest BCUT2D eigenvalue weighted by atomic mass is 10.0. The van der Waals surface area contributed by atoms with Crippen LogP contribution in [0.15, 0.2) is 0 Å². The van der Waals surface area contributed by atoms with Crippen LogP contribution >= 0.6 is 11.8 Å². The van der Waals surface area contributed by atoms with Crippen molar-refractivity contribution in [3.63, 3.8) is 0 Å². The molecule has 1 heterocycles. The van der Waals surface area contributed by atoms with Crippen molar-refractivity contribution in [3.05, 3.63) is 0 Å². The van der Waals surface area contributed by atoms with Crippen LogP contribution in [0.5, 0.6) is 0 Å². The Morgan fingerprint density at radius 1 is 1.43 bits per heavy atom. The molecule has 0 aromatic carbocycles. The summed E-state index contributed by atoms with van der Waals surface area (Å²) in [7, 11) is 0. The van der Waals surface area contributed by atoms with Crippen LogP contribution in [-0.2, 0) is 0 Å². The molecule has 84 valence electrons. The molecular formula is C11H24N2S. The van der Waals surface area contributed by atoms with Gasteiger partial charge in [-0.3, -0.25) is 11.3 Å². The molecule has 1 saturated heterocycles. The van der Waals surface area contributed by atoms with Crippen LogP contribution in [0.2, 0.25) is 0 Å². The first-order chi connectivity index (χ1) is 6.88. The van der Waals surface area contributed by atoms with Crippen molar-refractivity contribution in [3.8, 4) is 0 Å². The molecule has 1 fully saturated rings. The molecule has 2 unspecified atom stereocenters. The Labute approximate surface area is 92.4 Å². The summed E-state index contributed by atoms with van der Waals surface area (Å²) in [4.78, 5) is 0. The standard InChI is InChI=1S/C11H24N2S/c1-2-3-4-7-10(13-12)11-8-5-6-9-14-11/h10-11,13H,2-9,12H2,1H3. The Bertz CT molecular complexity index is 135. The topological polar surface area (TPSA) is 38.0 Å². The van der Waals surface area contributed by atoms with Gasteiger partial charge >= 0.3 is 0 Å². The summed E-state index contributed by atoms with van der Waals surface area (Å²) in [6, 6.07) is 0.548. The van der Waals surface area contributed by atoms with Crippen molar-refractivity contribution >= 4 is 11.8 Å². The van der Waals surface area contributed by atoms with Gasteiger partial charge < -0.3 is 0 Å². The van der Waals surface area contributed by atoms with Gasteiger partial charge in [-0.25, -0.2) is 0 Å². The Morgan fingerprint density at radius 2 is 2.29 bits per heavy atom. The Balaban J connectivity index is 2.21. The van der Waals surface area contributed by atoms with E-state index in [0.29, 0.717) is 6.04 Å². The van der Waals surface area contributed by atoms with Gasteiger partial charge in [-0.05, 0) is 25.0 Å². The minimum Gasteiger partial charge on any atom is -0.271 e. The third kappa shape index (κ3) is 4.20. The molecule has 1 aliphatic heterocycles. The molecule has 0 radical (unpaired) electrons. The van der Waals surface area contributed by atoms with Crippen LogP contribution in [0.25, 0.3) is 0 Å². The first kappa shape index (κ1) is 12.3. The molecular weight excluding hydrogens is 192 g/mol. The summed E-state index contributed by atoms with van der Waals surface area (Å²) in [5, 5.41) is 0.769. The zero-order valence-corrected chi connectivity index (χ0v) is 10.1. The monoisotopic (exact) mass is 216 g/mol. The molecule has 0 aliphatic carbocycles. The molecule has 3 N–H and O–H groups in total. The van der Waals surface area contributed by atoms with E-state index in [4.69, 9.17) is 5.84 Å². The average molecular weight is 216 g/mol.